The van der Waals surface area contributed by atoms with Crippen molar-refractivity contribution in [2.24, 2.45) is 0 Å². The number of carbonyl (C=O) groups is 2. The Morgan fingerprint density at radius 2 is 1.75 bits per heavy atom. The molecular weight excluding hydrogens is 446 g/mol. The number of rotatable bonds is 5. The van der Waals surface area contributed by atoms with Gasteiger partial charge >= 0.3 is 0 Å². The van der Waals surface area contributed by atoms with Crippen molar-refractivity contribution < 1.29 is 14.3 Å². The number of nitrogens with zero attached hydrogens (tertiary/aromatic N) is 2. The highest BCUT2D eigenvalue weighted by Gasteiger charge is 2.26. The lowest BCUT2D eigenvalue weighted by molar-refractivity contribution is -0.0586. The second kappa shape index (κ2) is 9.81. The number of benzene rings is 2. The van der Waals surface area contributed by atoms with Crippen molar-refractivity contribution >= 4 is 34.8 Å². The number of hydrogen-bond acceptors (Lipinski definition) is 5. The normalized spacial score (nSPS) is 18.4. The lowest BCUT2D eigenvalue weighted by Crippen LogP contribution is -2.48. The molecule has 1 N–H and O–H groups in total. The van der Waals surface area contributed by atoms with Crippen LogP contribution < -0.4 is 5.32 Å². The zero-order valence-corrected chi connectivity index (χ0v) is 19.4. The highest BCUT2D eigenvalue weighted by molar-refractivity contribution is 7.13. The summed E-state index contributed by atoms with van der Waals surface area (Å²) in [6.45, 7) is 5.48. The molecule has 6 nitrogen and oxygen atoms in total. The van der Waals surface area contributed by atoms with Crippen LogP contribution in [0.15, 0.2) is 53.9 Å². The quantitative estimate of drug-likeness (QED) is 0.590. The van der Waals surface area contributed by atoms with Gasteiger partial charge in [0.15, 0.2) is 0 Å². The minimum absolute atomic E-state index is 0.000197. The minimum atomic E-state index is -0.238. The van der Waals surface area contributed by atoms with Gasteiger partial charge in [-0.15, -0.1) is 11.3 Å². The van der Waals surface area contributed by atoms with Crippen molar-refractivity contribution in [1.29, 1.82) is 0 Å². The zero-order chi connectivity index (χ0) is 22.7. The summed E-state index contributed by atoms with van der Waals surface area (Å²) < 4.78 is 5.70. The Morgan fingerprint density at radius 3 is 2.41 bits per heavy atom. The lowest BCUT2D eigenvalue weighted by Gasteiger charge is -2.35. The average molecular weight is 470 g/mol. The van der Waals surface area contributed by atoms with Gasteiger partial charge in [-0.2, -0.15) is 0 Å². The molecule has 2 unspecified atom stereocenters. The molecule has 2 aromatic carbocycles. The van der Waals surface area contributed by atoms with Crippen LogP contribution in [0.1, 0.15) is 40.3 Å². The van der Waals surface area contributed by atoms with Crippen molar-refractivity contribution in [3.63, 3.8) is 0 Å². The van der Waals surface area contributed by atoms with Crippen LogP contribution in [-0.2, 0) is 11.3 Å². The van der Waals surface area contributed by atoms with E-state index in [1.54, 1.807) is 29.6 Å². The number of hydrogen-bond donors (Lipinski definition) is 1. The van der Waals surface area contributed by atoms with E-state index in [0.717, 1.165) is 16.1 Å². The van der Waals surface area contributed by atoms with Gasteiger partial charge in [0.25, 0.3) is 11.8 Å². The van der Waals surface area contributed by atoms with Crippen LogP contribution in [0.5, 0.6) is 0 Å². The number of amides is 2. The van der Waals surface area contributed by atoms with Crippen LogP contribution in [0.4, 0.5) is 0 Å². The van der Waals surface area contributed by atoms with Gasteiger partial charge in [0, 0.05) is 41.2 Å². The lowest BCUT2D eigenvalue weighted by atomic mass is 10.1. The Balaban J connectivity index is 1.34. The predicted molar refractivity (Wildman–Crippen MR) is 126 cm³/mol. The maximum Gasteiger partial charge on any atom is 0.271 e. The van der Waals surface area contributed by atoms with Crippen LogP contribution in [0.2, 0.25) is 5.02 Å². The van der Waals surface area contributed by atoms with E-state index < -0.39 is 0 Å². The molecule has 8 heteroatoms. The number of nitrogens with one attached hydrogen (secondary N) is 1. The van der Waals surface area contributed by atoms with Crippen molar-refractivity contribution in [2.45, 2.75) is 32.6 Å². The largest absolute Gasteiger partial charge is 0.372 e. The molecule has 3 aromatic rings. The monoisotopic (exact) mass is 469 g/mol. The van der Waals surface area contributed by atoms with Gasteiger partial charge in [-0.05, 0) is 43.7 Å². The summed E-state index contributed by atoms with van der Waals surface area (Å²) in [5, 5.41) is 6.05. The third-order valence-corrected chi connectivity index (χ3v) is 6.33. The van der Waals surface area contributed by atoms with Crippen LogP contribution in [0.3, 0.4) is 0 Å². The first kappa shape index (κ1) is 22.5. The van der Waals surface area contributed by atoms with Crippen molar-refractivity contribution in [3.8, 4) is 10.6 Å². The van der Waals surface area contributed by atoms with E-state index in [4.69, 9.17) is 16.3 Å². The van der Waals surface area contributed by atoms with Gasteiger partial charge in [0.05, 0.1) is 12.2 Å². The molecular formula is C24H24ClN3O3S. The van der Waals surface area contributed by atoms with Crippen molar-refractivity contribution in [2.75, 3.05) is 13.1 Å². The van der Waals surface area contributed by atoms with Crippen molar-refractivity contribution in [3.05, 3.63) is 75.8 Å². The molecule has 0 radical (unpaired) electrons. The topological polar surface area (TPSA) is 71.5 Å². The molecule has 2 heterocycles. The molecule has 1 saturated heterocycles. The first-order valence-corrected chi connectivity index (χ1v) is 11.7. The number of carbonyl (C=O) groups excluding carboxylic acids is 2. The fourth-order valence-electron chi connectivity index (χ4n) is 3.67. The molecule has 4 rings (SSSR count). The summed E-state index contributed by atoms with van der Waals surface area (Å²) in [6.07, 6.45) is 0.0613. The fourth-order valence-corrected chi connectivity index (χ4v) is 4.60. The highest BCUT2D eigenvalue weighted by atomic mass is 35.5. The smallest absolute Gasteiger partial charge is 0.271 e. The molecule has 2 atom stereocenters. The van der Waals surface area contributed by atoms with Crippen LogP contribution in [0.25, 0.3) is 10.6 Å². The third-order valence-electron chi connectivity index (χ3n) is 5.19. The summed E-state index contributed by atoms with van der Waals surface area (Å²) in [7, 11) is 0. The zero-order valence-electron chi connectivity index (χ0n) is 17.9. The summed E-state index contributed by atoms with van der Waals surface area (Å²) in [5.41, 5.74) is 2.84. The molecule has 0 spiro atoms. The third kappa shape index (κ3) is 5.35. The Bertz CT molecular complexity index is 1090. The molecule has 0 aliphatic carbocycles. The van der Waals surface area contributed by atoms with Gasteiger partial charge in [0.2, 0.25) is 0 Å². The van der Waals surface area contributed by atoms with Crippen LogP contribution >= 0.6 is 22.9 Å². The maximum atomic E-state index is 12.8. The van der Waals surface area contributed by atoms with E-state index in [2.05, 4.69) is 10.3 Å². The second-order valence-corrected chi connectivity index (χ2v) is 9.19. The highest BCUT2D eigenvalue weighted by Crippen LogP contribution is 2.25. The van der Waals surface area contributed by atoms with E-state index in [1.807, 2.05) is 43.0 Å². The first-order chi connectivity index (χ1) is 15.4. The number of thiazole rings is 1. The van der Waals surface area contributed by atoms with Crippen LogP contribution in [0, 0.1) is 0 Å². The summed E-state index contributed by atoms with van der Waals surface area (Å²) in [6, 6.07) is 14.7. The second-order valence-electron chi connectivity index (χ2n) is 7.89. The number of aromatic nitrogens is 1. The van der Waals surface area contributed by atoms with Gasteiger partial charge in [-0.3, -0.25) is 9.59 Å². The van der Waals surface area contributed by atoms with Gasteiger partial charge in [0.1, 0.15) is 10.7 Å². The average Bonchev–Trinajstić information content (AvgIpc) is 3.27. The molecule has 1 aliphatic heterocycles. The Morgan fingerprint density at radius 1 is 1.09 bits per heavy atom. The van der Waals surface area contributed by atoms with Gasteiger partial charge in [-0.1, -0.05) is 35.9 Å². The molecule has 0 bridgehead atoms. The molecule has 0 saturated carbocycles. The van der Waals surface area contributed by atoms with E-state index in [-0.39, 0.29) is 24.0 Å². The number of morpholine rings is 1. The standard InChI is InChI=1S/C24H24ClN3O3S/c1-15-12-28(13-16(2)31-15)24(30)19-5-3-17(4-6-19)11-26-22(29)21-14-32-23(27-21)18-7-9-20(25)10-8-18/h3-10,14-16H,11-13H2,1-2H3,(H,26,29). The van der Waals surface area contributed by atoms with E-state index in [0.29, 0.717) is 35.9 Å². The van der Waals surface area contributed by atoms with E-state index in [9.17, 15) is 9.59 Å². The Labute approximate surface area is 196 Å². The summed E-state index contributed by atoms with van der Waals surface area (Å²) in [4.78, 5) is 31.5. The minimum Gasteiger partial charge on any atom is -0.372 e. The van der Waals surface area contributed by atoms with Crippen molar-refractivity contribution in [1.82, 2.24) is 15.2 Å². The summed E-state index contributed by atoms with van der Waals surface area (Å²) >= 11 is 7.34. The molecule has 1 aromatic heterocycles. The van der Waals surface area contributed by atoms with E-state index >= 15 is 0 Å². The van der Waals surface area contributed by atoms with E-state index in [1.165, 1.54) is 11.3 Å². The first-order valence-electron chi connectivity index (χ1n) is 10.4. The fraction of sp³-hybridized carbons (Fsp3) is 0.292. The molecule has 166 valence electrons. The Hall–Kier alpha value is -2.74. The number of ether oxygens (including phenoxy) is 1. The summed E-state index contributed by atoms with van der Waals surface area (Å²) in [5.74, 6) is -0.238. The molecule has 1 aliphatic rings. The van der Waals surface area contributed by atoms with Gasteiger partial charge < -0.3 is 15.0 Å². The molecule has 2 amide bonds. The van der Waals surface area contributed by atoms with Crippen LogP contribution in [-0.4, -0.2) is 47.0 Å². The maximum absolute atomic E-state index is 12.8. The number of halogens is 1. The molecule has 32 heavy (non-hydrogen) atoms. The predicted octanol–water partition coefficient (Wildman–Crippen LogP) is 4.64. The SMILES string of the molecule is CC1CN(C(=O)c2ccc(CNC(=O)c3csc(-c4ccc(Cl)cc4)n3)cc2)CC(C)O1. The Kier molecular flexibility index (Phi) is 6.89. The van der Waals surface area contributed by atoms with Gasteiger partial charge in [-0.25, -0.2) is 4.98 Å². The molecule has 1 fully saturated rings.